The number of carbonyl (C=O) groups is 1. The van der Waals surface area contributed by atoms with Crippen LogP contribution in [0.15, 0.2) is 40.3 Å². The van der Waals surface area contributed by atoms with E-state index >= 15 is 0 Å². The van der Waals surface area contributed by atoms with Crippen molar-refractivity contribution in [2.24, 2.45) is 15.9 Å². The van der Waals surface area contributed by atoms with Gasteiger partial charge in [-0.3, -0.25) is 9.80 Å². The Morgan fingerprint density at radius 2 is 1.89 bits per heavy atom. The van der Waals surface area contributed by atoms with E-state index < -0.39 is 29.5 Å². The molecule has 1 aliphatic carbocycles. The van der Waals surface area contributed by atoms with Crippen molar-refractivity contribution in [2.75, 3.05) is 25.5 Å². The molecule has 1 unspecified atom stereocenters. The molecule has 35 heavy (non-hydrogen) atoms. The van der Waals surface area contributed by atoms with E-state index in [1.165, 1.54) is 11.9 Å². The molecule has 0 spiro atoms. The van der Waals surface area contributed by atoms with Gasteiger partial charge < -0.3 is 15.2 Å². The van der Waals surface area contributed by atoms with Crippen LogP contribution in [0.1, 0.15) is 30.0 Å². The third-order valence-corrected chi connectivity index (χ3v) is 6.55. The lowest BCUT2D eigenvalue weighted by molar-refractivity contribution is 0.0325. The molecule has 0 aromatic heterocycles. The predicted molar refractivity (Wildman–Crippen MR) is 123 cm³/mol. The summed E-state index contributed by atoms with van der Waals surface area (Å²) in [5.41, 5.74) is 1.63. The van der Waals surface area contributed by atoms with E-state index in [0.717, 1.165) is 30.5 Å². The number of anilines is 1. The highest BCUT2D eigenvalue weighted by atomic mass is 19.2. The molecule has 0 radical (unpaired) electrons. The van der Waals surface area contributed by atoms with Gasteiger partial charge in [0, 0.05) is 25.4 Å². The summed E-state index contributed by atoms with van der Waals surface area (Å²) >= 11 is 0. The van der Waals surface area contributed by atoms with Gasteiger partial charge in [-0.05, 0) is 55.0 Å². The predicted octanol–water partition coefficient (Wildman–Crippen LogP) is 3.81. The van der Waals surface area contributed by atoms with E-state index in [0.29, 0.717) is 11.4 Å². The van der Waals surface area contributed by atoms with E-state index in [1.54, 1.807) is 11.0 Å². The van der Waals surface area contributed by atoms with Gasteiger partial charge in [-0.1, -0.05) is 6.07 Å². The molecule has 3 aliphatic rings. The summed E-state index contributed by atoms with van der Waals surface area (Å²) in [6, 6.07) is 6.06. The Bertz CT molecular complexity index is 1220. The standard InChI is InChI=1S/C24H24F3N5O3/c1-12-3-4-15(35-16-5-13(6-16)11-33)9-19(12)29-22-30-24(34)31(2)23-28-10-20(32(22)23)14-7-17(25)21(27)18(26)8-14/h3-4,7-9,13,16,20,33H,5-6,10-11H2,1-2H3,(H,29,30,34)/t13-,16+,20?. The average molecular weight is 487 g/mol. The number of aryl methyl sites for hydroxylation is 1. The number of urea groups is 1. The summed E-state index contributed by atoms with van der Waals surface area (Å²) in [5, 5.41) is 12.4. The fourth-order valence-electron chi connectivity index (χ4n) is 4.43. The number of amides is 2. The number of aliphatic hydroxyl groups excluding tert-OH is 1. The lowest BCUT2D eigenvalue weighted by Crippen LogP contribution is -2.53. The number of ether oxygens (including phenoxy) is 1. The first-order chi connectivity index (χ1) is 16.7. The van der Waals surface area contributed by atoms with Crippen LogP contribution in [0.25, 0.3) is 0 Å². The fraction of sp³-hybridized carbons (Fsp3) is 0.375. The van der Waals surface area contributed by atoms with Gasteiger partial charge in [-0.15, -0.1) is 0 Å². The normalized spacial score (nSPS) is 23.5. The molecule has 2 aliphatic heterocycles. The number of carbonyl (C=O) groups excluding carboxylic acids is 1. The first-order valence-corrected chi connectivity index (χ1v) is 11.2. The van der Waals surface area contributed by atoms with Gasteiger partial charge in [0.15, 0.2) is 17.5 Å². The van der Waals surface area contributed by atoms with Gasteiger partial charge in [0.05, 0.1) is 18.7 Å². The molecule has 2 amide bonds. The highest BCUT2D eigenvalue weighted by Gasteiger charge is 2.41. The first kappa shape index (κ1) is 23.2. The maximum absolute atomic E-state index is 14.0. The molecule has 11 heteroatoms. The Hall–Kier alpha value is -3.60. The number of nitrogens with one attached hydrogen (secondary N) is 1. The topological polar surface area (TPSA) is 89.8 Å². The van der Waals surface area contributed by atoms with Crippen molar-refractivity contribution in [3.05, 3.63) is 58.9 Å². The smallest absolute Gasteiger partial charge is 0.353 e. The number of rotatable bonds is 5. The zero-order valence-corrected chi connectivity index (χ0v) is 19.1. The summed E-state index contributed by atoms with van der Waals surface area (Å²) in [6.45, 7) is 2.11. The molecule has 2 heterocycles. The van der Waals surface area contributed by atoms with Crippen LogP contribution in [0, 0.1) is 30.3 Å². The quantitative estimate of drug-likeness (QED) is 0.627. The molecule has 2 aromatic carbocycles. The molecule has 1 fully saturated rings. The molecular weight excluding hydrogens is 463 g/mol. The summed E-state index contributed by atoms with van der Waals surface area (Å²) in [5.74, 6) is -2.89. The van der Waals surface area contributed by atoms with Crippen LogP contribution >= 0.6 is 0 Å². The van der Waals surface area contributed by atoms with Crippen LogP contribution in [0.2, 0.25) is 0 Å². The summed E-state index contributed by atoms with van der Waals surface area (Å²) in [4.78, 5) is 23.8. The Kier molecular flexibility index (Phi) is 5.87. The number of fused-ring (bicyclic) bond motifs is 1. The van der Waals surface area contributed by atoms with Crippen LogP contribution in [-0.2, 0) is 0 Å². The Morgan fingerprint density at radius 3 is 2.57 bits per heavy atom. The maximum atomic E-state index is 14.0. The van der Waals surface area contributed by atoms with Gasteiger partial charge >= 0.3 is 6.03 Å². The Balaban J connectivity index is 1.44. The largest absolute Gasteiger partial charge is 0.490 e. The minimum absolute atomic E-state index is 0.0231. The van der Waals surface area contributed by atoms with E-state index in [-0.39, 0.29) is 42.7 Å². The summed E-state index contributed by atoms with van der Waals surface area (Å²) in [6.07, 6.45) is 1.58. The van der Waals surface area contributed by atoms with Crippen molar-refractivity contribution in [1.82, 2.24) is 9.80 Å². The molecule has 0 saturated heterocycles. The molecule has 0 bridgehead atoms. The van der Waals surface area contributed by atoms with Crippen molar-refractivity contribution in [3.63, 3.8) is 0 Å². The van der Waals surface area contributed by atoms with Crippen LogP contribution in [0.4, 0.5) is 23.7 Å². The molecule has 184 valence electrons. The molecule has 2 N–H and O–H groups in total. The third kappa shape index (κ3) is 4.20. The van der Waals surface area contributed by atoms with Crippen molar-refractivity contribution < 1.29 is 27.8 Å². The summed E-state index contributed by atoms with van der Waals surface area (Å²) < 4.78 is 47.5. The second kappa shape index (κ2) is 8.88. The van der Waals surface area contributed by atoms with Crippen LogP contribution in [0.3, 0.4) is 0 Å². The number of hydrogen-bond donors (Lipinski definition) is 2. The maximum Gasteiger partial charge on any atom is 0.353 e. The van der Waals surface area contributed by atoms with E-state index in [9.17, 15) is 23.1 Å². The molecule has 1 saturated carbocycles. The molecule has 1 atom stereocenters. The molecular formula is C24H24F3N5O3. The van der Waals surface area contributed by atoms with Gasteiger partial charge in [0.25, 0.3) is 0 Å². The van der Waals surface area contributed by atoms with Crippen molar-refractivity contribution >= 4 is 23.6 Å². The third-order valence-electron chi connectivity index (χ3n) is 6.55. The molecule has 2 aromatic rings. The van der Waals surface area contributed by atoms with Crippen LogP contribution in [-0.4, -0.2) is 59.2 Å². The second-order valence-electron chi connectivity index (χ2n) is 8.96. The van der Waals surface area contributed by atoms with Crippen LogP contribution in [0.5, 0.6) is 5.75 Å². The second-order valence-corrected chi connectivity index (χ2v) is 8.96. The number of hydrogen-bond acceptors (Lipinski definition) is 6. The Labute approximate surface area is 199 Å². The minimum atomic E-state index is -1.55. The average Bonchev–Trinajstić information content (AvgIpc) is 3.25. The first-order valence-electron chi connectivity index (χ1n) is 11.2. The van der Waals surface area contributed by atoms with Crippen LogP contribution < -0.4 is 10.1 Å². The highest BCUT2D eigenvalue weighted by molar-refractivity contribution is 6.17. The van der Waals surface area contributed by atoms with Crippen molar-refractivity contribution in [1.29, 1.82) is 0 Å². The number of nitrogens with zero attached hydrogens (tertiary/aromatic N) is 4. The fourth-order valence-corrected chi connectivity index (χ4v) is 4.43. The van der Waals surface area contributed by atoms with Gasteiger partial charge in [0.2, 0.25) is 11.9 Å². The number of benzene rings is 2. The van der Waals surface area contributed by atoms with E-state index in [2.05, 4.69) is 15.3 Å². The highest BCUT2D eigenvalue weighted by Crippen LogP contribution is 2.35. The number of halogens is 3. The Morgan fingerprint density at radius 1 is 1.17 bits per heavy atom. The summed E-state index contributed by atoms with van der Waals surface area (Å²) in [7, 11) is 1.50. The molecule has 5 rings (SSSR count). The zero-order valence-electron chi connectivity index (χ0n) is 19.1. The monoisotopic (exact) mass is 487 g/mol. The van der Waals surface area contributed by atoms with Crippen molar-refractivity contribution in [3.8, 4) is 5.75 Å². The SMILES string of the molecule is Cc1ccc(O[C@H]2C[C@@H](CO)C2)cc1NC1=NC(=O)N(C)C2=NCC(c3cc(F)c(F)c(F)c3)N12. The van der Waals surface area contributed by atoms with E-state index in [4.69, 9.17) is 4.74 Å². The van der Waals surface area contributed by atoms with Gasteiger partial charge in [-0.2, -0.15) is 4.99 Å². The minimum Gasteiger partial charge on any atom is -0.490 e. The number of aliphatic hydroxyl groups is 1. The van der Waals surface area contributed by atoms with E-state index in [1.807, 2.05) is 19.1 Å². The number of guanidine groups is 2. The zero-order chi connectivity index (χ0) is 24.9. The number of aliphatic imine (C=N–C) groups is 2. The lowest BCUT2D eigenvalue weighted by Gasteiger charge is -2.35. The lowest BCUT2D eigenvalue weighted by atomic mass is 9.83. The van der Waals surface area contributed by atoms with Gasteiger partial charge in [-0.25, -0.2) is 23.0 Å². The van der Waals surface area contributed by atoms with Gasteiger partial charge in [0.1, 0.15) is 5.75 Å². The molecule has 8 nitrogen and oxygen atoms in total. The van der Waals surface area contributed by atoms with Crippen molar-refractivity contribution in [2.45, 2.75) is 31.9 Å².